The Morgan fingerprint density at radius 3 is 2.48 bits per heavy atom. The van der Waals surface area contributed by atoms with E-state index in [9.17, 15) is 4.79 Å². The lowest BCUT2D eigenvalue weighted by atomic mass is 10.2. The van der Waals surface area contributed by atoms with Gasteiger partial charge in [0.1, 0.15) is 12.0 Å². The maximum Gasteiger partial charge on any atom is 0.262 e. The zero-order valence-corrected chi connectivity index (χ0v) is 18.8. The van der Waals surface area contributed by atoms with Crippen LogP contribution in [0.25, 0.3) is 22.4 Å². The van der Waals surface area contributed by atoms with Crippen LogP contribution in [0.1, 0.15) is 11.3 Å². The maximum absolute atomic E-state index is 13.3. The highest BCUT2D eigenvalue weighted by atomic mass is 32.2. The van der Waals surface area contributed by atoms with Crippen molar-refractivity contribution in [3.8, 4) is 17.2 Å². The van der Waals surface area contributed by atoms with Crippen molar-refractivity contribution in [2.24, 2.45) is 0 Å². The largest absolute Gasteiger partial charge is 0.497 e. The Morgan fingerprint density at radius 1 is 0.939 bits per heavy atom. The highest BCUT2D eigenvalue weighted by molar-refractivity contribution is 7.98. The van der Waals surface area contributed by atoms with Gasteiger partial charge in [-0.25, -0.2) is 9.97 Å². The molecule has 0 N–H and O–H groups in total. The van der Waals surface area contributed by atoms with Crippen molar-refractivity contribution in [1.82, 2.24) is 14.5 Å². The van der Waals surface area contributed by atoms with E-state index in [0.29, 0.717) is 34.2 Å². The first-order valence-electron chi connectivity index (χ1n) is 10.5. The number of rotatable bonds is 7. The summed E-state index contributed by atoms with van der Waals surface area (Å²) in [5.74, 6) is 1.88. The fourth-order valence-electron chi connectivity index (χ4n) is 3.54. The van der Waals surface area contributed by atoms with Crippen molar-refractivity contribution in [3.63, 3.8) is 0 Å². The summed E-state index contributed by atoms with van der Waals surface area (Å²) in [7, 11) is 1.63. The standard InChI is InChI=1S/C26H21N3O3S/c1-31-21-13-11-18(12-14-21)15-29-25(30)22-9-5-6-10-23(22)28-26(29)33-17-20-16-32-24(27-20)19-7-3-2-4-8-19/h2-14,16H,15,17H2,1H3. The third-order valence-electron chi connectivity index (χ3n) is 5.25. The number of fused-ring (bicyclic) bond motifs is 1. The summed E-state index contributed by atoms with van der Waals surface area (Å²) in [6, 6.07) is 24.9. The van der Waals surface area contributed by atoms with Gasteiger partial charge in [0.15, 0.2) is 5.16 Å². The molecule has 0 saturated heterocycles. The molecule has 2 heterocycles. The van der Waals surface area contributed by atoms with E-state index >= 15 is 0 Å². The summed E-state index contributed by atoms with van der Waals surface area (Å²) < 4.78 is 12.6. The van der Waals surface area contributed by atoms with E-state index < -0.39 is 0 Å². The second-order valence-corrected chi connectivity index (χ2v) is 8.39. The SMILES string of the molecule is COc1ccc(Cn2c(SCc3coc(-c4ccccc4)n3)nc3ccccc3c2=O)cc1. The van der Waals surface area contributed by atoms with Crippen molar-refractivity contribution < 1.29 is 9.15 Å². The Bertz CT molecular complexity index is 1440. The molecule has 5 aromatic rings. The molecule has 3 aromatic carbocycles. The molecule has 0 radical (unpaired) electrons. The molecular formula is C26H21N3O3S. The molecule has 0 amide bonds. The fourth-order valence-corrected chi connectivity index (χ4v) is 4.41. The smallest absolute Gasteiger partial charge is 0.262 e. The summed E-state index contributed by atoms with van der Waals surface area (Å²) in [4.78, 5) is 22.7. The Balaban J connectivity index is 1.45. The molecule has 0 aliphatic rings. The van der Waals surface area contributed by atoms with Crippen LogP contribution in [0, 0.1) is 0 Å². The molecule has 0 atom stereocenters. The normalized spacial score (nSPS) is 11.1. The highest BCUT2D eigenvalue weighted by Gasteiger charge is 2.14. The summed E-state index contributed by atoms with van der Waals surface area (Å²) in [5.41, 5.74) is 3.32. The van der Waals surface area contributed by atoms with Gasteiger partial charge in [0.2, 0.25) is 5.89 Å². The van der Waals surface area contributed by atoms with Gasteiger partial charge in [-0.05, 0) is 42.0 Å². The van der Waals surface area contributed by atoms with Crippen molar-refractivity contribution >= 4 is 22.7 Å². The molecule has 0 aliphatic heterocycles. The van der Waals surface area contributed by atoms with Gasteiger partial charge in [-0.1, -0.05) is 54.2 Å². The van der Waals surface area contributed by atoms with Gasteiger partial charge in [0.05, 0.1) is 30.3 Å². The Morgan fingerprint density at radius 2 is 1.70 bits per heavy atom. The number of aromatic nitrogens is 3. The minimum absolute atomic E-state index is 0.0657. The van der Waals surface area contributed by atoms with E-state index in [0.717, 1.165) is 22.6 Å². The van der Waals surface area contributed by atoms with Crippen LogP contribution in [0.2, 0.25) is 0 Å². The first kappa shape index (κ1) is 21.0. The van der Waals surface area contributed by atoms with Crippen LogP contribution >= 0.6 is 11.8 Å². The summed E-state index contributed by atoms with van der Waals surface area (Å²) >= 11 is 1.47. The van der Waals surface area contributed by atoms with E-state index in [1.165, 1.54) is 11.8 Å². The predicted octanol–water partition coefficient (Wildman–Crippen LogP) is 5.40. The Labute approximate surface area is 194 Å². The Hall–Kier alpha value is -3.84. The third-order valence-corrected chi connectivity index (χ3v) is 6.26. The topological polar surface area (TPSA) is 70.2 Å². The second-order valence-electron chi connectivity index (χ2n) is 7.45. The number of para-hydroxylation sites is 1. The summed E-state index contributed by atoms with van der Waals surface area (Å²) in [5, 5.41) is 1.24. The van der Waals surface area contributed by atoms with E-state index in [2.05, 4.69) is 4.98 Å². The van der Waals surface area contributed by atoms with Gasteiger partial charge < -0.3 is 9.15 Å². The van der Waals surface area contributed by atoms with Gasteiger partial charge in [-0.15, -0.1) is 0 Å². The Kier molecular flexibility index (Phi) is 5.95. The number of benzene rings is 3. The van der Waals surface area contributed by atoms with E-state index in [4.69, 9.17) is 14.1 Å². The summed E-state index contributed by atoms with van der Waals surface area (Å²) in [6.45, 7) is 0.414. The van der Waals surface area contributed by atoms with Crippen molar-refractivity contribution in [3.05, 3.63) is 107 Å². The van der Waals surface area contributed by atoms with Crippen LogP contribution in [0.5, 0.6) is 5.75 Å². The van der Waals surface area contributed by atoms with Crippen LogP contribution in [-0.2, 0) is 12.3 Å². The average molecular weight is 456 g/mol. The molecule has 164 valence electrons. The monoisotopic (exact) mass is 455 g/mol. The van der Waals surface area contributed by atoms with Crippen LogP contribution < -0.4 is 10.3 Å². The number of methoxy groups -OCH3 is 1. The van der Waals surface area contributed by atoms with Gasteiger partial charge >= 0.3 is 0 Å². The first-order valence-corrected chi connectivity index (χ1v) is 11.4. The minimum Gasteiger partial charge on any atom is -0.497 e. The minimum atomic E-state index is -0.0657. The van der Waals surface area contributed by atoms with E-state index in [-0.39, 0.29) is 5.56 Å². The van der Waals surface area contributed by atoms with Crippen molar-refractivity contribution in [2.45, 2.75) is 17.5 Å². The lowest BCUT2D eigenvalue weighted by Gasteiger charge is -2.13. The molecule has 7 heteroatoms. The molecule has 0 fully saturated rings. The molecular weight excluding hydrogens is 434 g/mol. The van der Waals surface area contributed by atoms with Crippen molar-refractivity contribution in [1.29, 1.82) is 0 Å². The molecule has 0 unspecified atom stereocenters. The fraction of sp³-hybridized carbons (Fsp3) is 0.115. The van der Waals surface area contributed by atoms with Crippen LogP contribution in [0.15, 0.2) is 99.5 Å². The average Bonchev–Trinajstić information content (AvgIpc) is 3.35. The van der Waals surface area contributed by atoms with Crippen molar-refractivity contribution in [2.75, 3.05) is 7.11 Å². The first-order chi connectivity index (χ1) is 16.2. The number of hydrogen-bond acceptors (Lipinski definition) is 6. The lowest BCUT2D eigenvalue weighted by molar-refractivity contribution is 0.414. The van der Waals surface area contributed by atoms with E-state index in [1.54, 1.807) is 17.9 Å². The zero-order chi connectivity index (χ0) is 22.6. The number of ether oxygens (including phenoxy) is 1. The van der Waals surface area contributed by atoms with Crippen LogP contribution in [-0.4, -0.2) is 21.6 Å². The molecule has 0 bridgehead atoms. The van der Waals surface area contributed by atoms with Crippen LogP contribution in [0.4, 0.5) is 0 Å². The van der Waals surface area contributed by atoms with Crippen LogP contribution in [0.3, 0.4) is 0 Å². The molecule has 0 spiro atoms. The molecule has 33 heavy (non-hydrogen) atoms. The molecule has 2 aromatic heterocycles. The highest BCUT2D eigenvalue weighted by Crippen LogP contribution is 2.25. The number of nitrogens with zero attached hydrogens (tertiary/aromatic N) is 3. The van der Waals surface area contributed by atoms with Gasteiger partial charge in [0.25, 0.3) is 5.56 Å². The number of hydrogen-bond donors (Lipinski definition) is 0. The maximum atomic E-state index is 13.3. The third kappa shape index (κ3) is 4.54. The lowest BCUT2D eigenvalue weighted by Crippen LogP contribution is -2.24. The van der Waals surface area contributed by atoms with E-state index in [1.807, 2.05) is 78.9 Å². The number of oxazole rings is 1. The van der Waals surface area contributed by atoms with Gasteiger partial charge in [0, 0.05) is 11.3 Å². The quantitative estimate of drug-likeness (QED) is 0.242. The van der Waals surface area contributed by atoms with Gasteiger partial charge in [-0.2, -0.15) is 0 Å². The molecule has 5 rings (SSSR count). The number of thioether (sulfide) groups is 1. The molecule has 0 aliphatic carbocycles. The molecule has 0 saturated carbocycles. The predicted molar refractivity (Wildman–Crippen MR) is 130 cm³/mol. The summed E-state index contributed by atoms with van der Waals surface area (Å²) in [6.07, 6.45) is 1.66. The zero-order valence-electron chi connectivity index (χ0n) is 18.0. The second kappa shape index (κ2) is 9.34. The molecule has 6 nitrogen and oxygen atoms in total. The van der Waals surface area contributed by atoms with Gasteiger partial charge in [-0.3, -0.25) is 9.36 Å².